The largest absolute Gasteiger partial charge is 0.548 e. The molecule has 0 saturated heterocycles. The maximum Gasteiger partial charge on any atom is 0.251 e. The summed E-state index contributed by atoms with van der Waals surface area (Å²) in [5.41, 5.74) is 5.08. The first-order valence-electron chi connectivity index (χ1n) is 4.95. The summed E-state index contributed by atoms with van der Waals surface area (Å²) in [7, 11) is 0. The molecule has 1 rings (SSSR count). The van der Waals surface area contributed by atoms with E-state index in [0.29, 0.717) is 5.02 Å². The van der Waals surface area contributed by atoms with Crippen molar-refractivity contribution in [2.45, 2.75) is 12.5 Å². The standard InChI is InChI=1S/C11H11ClN2O4/c12-7-3-1-6(2-4-7)10(16)14-8(11(17)18)5-9(13)15/h1-4,8H,5H2,(H2,13,15)(H,14,16)(H,17,18)/p-1/t8-/m1/s1. The number of hydrogen-bond donors (Lipinski definition) is 2. The molecule has 7 heteroatoms. The lowest BCUT2D eigenvalue weighted by Gasteiger charge is -2.18. The Kier molecular flexibility index (Phi) is 4.67. The van der Waals surface area contributed by atoms with Crippen LogP contribution in [0.15, 0.2) is 24.3 Å². The smallest absolute Gasteiger partial charge is 0.251 e. The van der Waals surface area contributed by atoms with E-state index < -0.39 is 30.2 Å². The molecule has 0 spiro atoms. The number of nitrogens with two attached hydrogens (primary N) is 1. The molecule has 1 atom stereocenters. The van der Waals surface area contributed by atoms with E-state index in [2.05, 4.69) is 5.32 Å². The Morgan fingerprint density at radius 2 is 1.83 bits per heavy atom. The predicted octanol–water partition coefficient (Wildman–Crippen LogP) is -0.936. The average molecular weight is 270 g/mol. The van der Waals surface area contributed by atoms with Crippen LogP contribution < -0.4 is 16.2 Å². The van der Waals surface area contributed by atoms with Crippen molar-refractivity contribution < 1.29 is 19.5 Å². The van der Waals surface area contributed by atoms with Crippen LogP contribution in [0.25, 0.3) is 0 Å². The number of carboxylic acid groups (broad SMARTS) is 1. The molecule has 0 radical (unpaired) electrons. The molecule has 0 fully saturated rings. The highest BCUT2D eigenvalue weighted by Crippen LogP contribution is 2.09. The summed E-state index contributed by atoms with van der Waals surface area (Å²) in [5, 5.41) is 13.3. The van der Waals surface area contributed by atoms with E-state index in [1.165, 1.54) is 24.3 Å². The summed E-state index contributed by atoms with van der Waals surface area (Å²) in [4.78, 5) is 33.0. The van der Waals surface area contributed by atoms with Gasteiger partial charge in [-0.15, -0.1) is 0 Å². The Morgan fingerprint density at radius 3 is 2.28 bits per heavy atom. The fraction of sp³-hybridized carbons (Fsp3) is 0.182. The Hall–Kier alpha value is -2.08. The highest BCUT2D eigenvalue weighted by atomic mass is 35.5. The molecule has 3 N–H and O–H groups in total. The summed E-state index contributed by atoms with van der Waals surface area (Å²) >= 11 is 5.64. The predicted molar refractivity (Wildman–Crippen MR) is 61.5 cm³/mol. The number of aliphatic carboxylic acids is 1. The number of benzene rings is 1. The van der Waals surface area contributed by atoms with Gasteiger partial charge in [-0.25, -0.2) is 0 Å². The van der Waals surface area contributed by atoms with Gasteiger partial charge in [-0.1, -0.05) is 11.6 Å². The van der Waals surface area contributed by atoms with Crippen LogP contribution in [0.4, 0.5) is 0 Å². The Labute approximate surface area is 108 Å². The Balaban J connectivity index is 2.75. The molecule has 0 bridgehead atoms. The van der Waals surface area contributed by atoms with E-state index in [1.54, 1.807) is 0 Å². The minimum atomic E-state index is -1.57. The molecule has 0 saturated carbocycles. The van der Waals surface area contributed by atoms with E-state index in [9.17, 15) is 19.5 Å². The second-order valence-electron chi connectivity index (χ2n) is 3.52. The summed E-state index contributed by atoms with van der Waals surface area (Å²) in [6, 6.07) is 4.37. The van der Waals surface area contributed by atoms with Crippen LogP contribution in [0.3, 0.4) is 0 Å². The second-order valence-corrected chi connectivity index (χ2v) is 3.96. The number of hydrogen-bond acceptors (Lipinski definition) is 4. The molecule has 0 aliphatic rings. The maximum absolute atomic E-state index is 11.7. The minimum Gasteiger partial charge on any atom is -0.548 e. The monoisotopic (exact) mass is 269 g/mol. The zero-order valence-electron chi connectivity index (χ0n) is 9.18. The van der Waals surface area contributed by atoms with Gasteiger partial charge in [0.2, 0.25) is 5.91 Å². The highest BCUT2D eigenvalue weighted by Gasteiger charge is 2.16. The molecule has 0 aliphatic heterocycles. The first-order chi connectivity index (χ1) is 8.40. The number of halogens is 1. The number of primary amides is 1. The van der Waals surface area contributed by atoms with Crippen molar-refractivity contribution in [3.8, 4) is 0 Å². The van der Waals surface area contributed by atoms with Gasteiger partial charge in [0.25, 0.3) is 5.91 Å². The summed E-state index contributed by atoms with van der Waals surface area (Å²) in [6.45, 7) is 0. The van der Waals surface area contributed by atoms with Crippen molar-refractivity contribution in [1.82, 2.24) is 5.32 Å². The first-order valence-corrected chi connectivity index (χ1v) is 5.33. The first kappa shape index (κ1) is 14.0. The number of carboxylic acids is 1. The normalized spacial score (nSPS) is 11.6. The molecule has 96 valence electrons. The van der Waals surface area contributed by atoms with E-state index in [0.717, 1.165) is 0 Å². The number of carbonyl (C=O) groups excluding carboxylic acids is 3. The molecule has 1 aromatic carbocycles. The van der Waals surface area contributed by atoms with E-state index in [1.807, 2.05) is 0 Å². The zero-order chi connectivity index (χ0) is 13.7. The third-order valence-corrected chi connectivity index (χ3v) is 2.35. The van der Waals surface area contributed by atoms with E-state index in [-0.39, 0.29) is 5.56 Å². The third kappa shape index (κ3) is 4.06. The quantitative estimate of drug-likeness (QED) is 0.718. The van der Waals surface area contributed by atoms with Gasteiger partial charge in [0.05, 0.1) is 18.4 Å². The molecule has 0 unspecified atom stereocenters. The van der Waals surface area contributed by atoms with Crippen LogP contribution in [0.2, 0.25) is 5.02 Å². The summed E-state index contributed by atoms with van der Waals surface area (Å²) < 4.78 is 0. The van der Waals surface area contributed by atoms with Crippen molar-refractivity contribution in [1.29, 1.82) is 0 Å². The van der Waals surface area contributed by atoms with Crippen molar-refractivity contribution in [3.05, 3.63) is 34.9 Å². The van der Waals surface area contributed by atoms with Crippen LogP contribution in [0.1, 0.15) is 16.8 Å². The number of amides is 2. The van der Waals surface area contributed by atoms with Crippen LogP contribution in [-0.2, 0) is 9.59 Å². The molecule has 6 nitrogen and oxygen atoms in total. The van der Waals surface area contributed by atoms with Gasteiger partial charge >= 0.3 is 0 Å². The molecule has 0 aromatic heterocycles. The van der Waals surface area contributed by atoms with Crippen molar-refractivity contribution in [3.63, 3.8) is 0 Å². The van der Waals surface area contributed by atoms with Gasteiger partial charge in [-0.05, 0) is 24.3 Å². The lowest BCUT2D eigenvalue weighted by molar-refractivity contribution is -0.308. The molecule has 0 aliphatic carbocycles. The third-order valence-electron chi connectivity index (χ3n) is 2.10. The highest BCUT2D eigenvalue weighted by molar-refractivity contribution is 6.30. The van der Waals surface area contributed by atoms with Gasteiger partial charge in [0.15, 0.2) is 0 Å². The lowest BCUT2D eigenvalue weighted by Crippen LogP contribution is -2.49. The summed E-state index contributed by atoms with van der Waals surface area (Å²) in [6.07, 6.45) is -0.526. The Bertz CT molecular complexity index is 472. The zero-order valence-corrected chi connectivity index (χ0v) is 9.94. The Morgan fingerprint density at radius 1 is 1.28 bits per heavy atom. The number of nitrogens with one attached hydrogen (secondary N) is 1. The van der Waals surface area contributed by atoms with Gasteiger partial charge in [-0.2, -0.15) is 0 Å². The molecule has 18 heavy (non-hydrogen) atoms. The van der Waals surface area contributed by atoms with Crippen LogP contribution in [0, 0.1) is 0 Å². The molecule has 0 heterocycles. The van der Waals surface area contributed by atoms with Crippen LogP contribution in [0.5, 0.6) is 0 Å². The van der Waals surface area contributed by atoms with E-state index >= 15 is 0 Å². The topological polar surface area (TPSA) is 112 Å². The number of rotatable bonds is 5. The lowest BCUT2D eigenvalue weighted by atomic mass is 10.1. The molecule has 2 amide bonds. The minimum absolute atomic E-state index is 0.218. The fourth-order valence-corrected chi connectivity index (χ4v) is 1.36. The fourth-order valence-electron chi connectivity index (χ4n) is 1.24. The summed E-state index contributed by atoms with van der Waals surface area (Å²) in [5.74, 6) is -3.07. The van der Waals surface area contributed by atoms with Crippen LogP contribution in [-0.4, -0.2) is 23.8 Å². The van der Waals surface area contributed by atoms with Gasteiger partial charge in [-0.3, -0.25) is 9.59 Å². The average Bonchev–Trinajstić information content (AvgIpc) is 2.28. The van der Waals surface area contributed by atoms with Crippen molar-refractivity contribution >= 4 is 29.4 Å². The number of carbonyl (C=O) groups is 3. The SMILES string of the molecule is NC(=O)C[C@@H](NC(=O)c1ccc(Cl)cc1)C(=O)[O-]. The van der Waals surface area contributed by atoms with Gasteiger partial charge < -0.3 is 21.0 Å². The van der Waals surface area contributed by atoms with E-state index in [4.69, 9.17) is 17.3 Å². The van der Waals surface area contributed by atoms with Gasteiger partial charge in [0.1, 0.15) is 0 Å². The molecule has 1 aromatic rings. The maximum atomic E-state index is 11.7. The van der Waals surface area contributed by atoms with Gasteiger partial charge in [0, 0.05) is 10.6 Å². The van der Waals surface area contributed by atoms with Crippen molar-refractivity contribution in [2.75, 3.05) is 0 Å². The molecular formula is C11H10ClN2O4-. The van der Waals surface area contributed by atoms with Crippen LogP contribution >= 0.6 is 11.6 Å². The van der Waals surface area contributed by atoms with Crippen molar-refractivity contribution in [2.24, 2.45) is 5.73 Å². The molecular weight excluding hydrogens is 260 g/mol. The second kappa shape index (κ2) is 6.02.